The molecule has 108 valence electrons. The van der Waals surface area contributed by atoms with E-state index in [2.05, 4.69) is 41.5 Å². The number of nitrogens with zero attached hydrogens (tertiary/aromatic N) is 5. The average molecular weight is 300 g/mol. The summed E-state index contributed by atoms with van der Waals surface area (Å²) in [6.07, 6.45) is 3.86. The molecular formula is C14H16N6S. The zero-order valence-electron chi connectivity index (χ0n) is 11.8. The van der Waals surface area contributed by atoms with Crippen molar-refractivity contribution in [2.45, 2.75) is 25.7 Å². The lowest BCUT2D eigenvalue weighted by Crippen LogP contribution is -2.35. The molecule has 0 saturated carbocycles. The van der Waals surface area contributed by atoms with Crippen LogP contribution in [0.3, 0.4) is 0 Å². The van der Waals surface area contributed by atoms with E-state index in [-0.39, 0.29) is 0 Å². The highest BCUT2D eigenvalue weighted by atomic mass is 32.1. The number of aromatic amines is 1. The van der Waals surface area contributed by atoms with Crippen LogP contribution in [0.1, 0.15) is 30.4 Å². The van der Waals surface area contributed by atoms with Crippen molar-refractivity contribution in [1.82, 2.24) is 25.1 Å². The number of thiophene rings is 1. The monoisotopic (exact) mass is 300 g/mol. The SMILES string of the molecule is Cc1nc(N2CCCC(c3ncn[nH]3)C2)c2ccsc2n1. The number of nitrogens with one attached hydrogen (secondary N) is 1. The Morgan fingerprint density at radius 1 is 1.38 bits per heavy atom. The minimum Gasteiger partial charge on any atom is -0.355 e. The summed E-state index contributed by atoms with van der Waals surface area (Å²) in [5.74, 6) is 3.27. The van der Waals surface area contributed by atoms with Crippen molar-refractivity contribution in [2.75, 3.05) is 18.0 Å². The van der Waals surface area contributed by atoms with Gasteiger partial charge in [0.1, 0.15) is 28.6 Å². The third-order valence-corrected chi connectivity index (χ3v) is 4.76. The van der Waals surface area contributed by atoms with Crippen LogP contribution in [0.4, 0.5) is 5.82 Å². The number of anilines is 1. The fourth-order valence-electron chi connectivity index (χ4n) is 2.99. The summed E-state index contributed by atoms with van der Waals surface area (Å²) in [5.41, 5.74) is 0. The van der Waals surface area contributed by atoms with E-state index in [9.17, 15) is 0 Å². The van der Waals surface area contributed by atoms with Gasteiger partial charge in [0.2, 0.25) is 0 Å². The summed E-state index contributed by atoms with van der Waals surface area (Å²) in [7, 11) is 0. The third kappa shape index (κ3) is 2.27. The van der Waals surface area contributed by atoms with Crippen LogP contribution < -0.4 is 4.90 Å². The summed E-state index contributed by atoms with van der Waals surface area (Å²) in [6, 6.07) is 2.12. The Hall–Kier alpha value is -2.02. The van der Waals surface area contributed by atoms with Crippen molar-refractivity contribution in [3.63, 3.8) is 0 Å². The lowest BCUT2D eigenvalue weighted by Gasteiger charge is -2.33. The fourth-order valence-corrected chi connectivity index (χ4v) is 3.79. The first-order chi connectivity index (χ1) is 10.3. The zero-order chi connectivity index (χ0) is 14.2. The number of hydrogen-bond acceptors (Lipinski definition) is 6. The molecule has 3 aromatic heterocycles. The largest absolute Gasteiger partial charge is 0.355 e. The average Bonchev–Trinajstić information content (AvgIpc) is 3.17. The second-order valence-electron chi connectivity index (χ2n) is 5.39. The van der Waals surface area contributed by atoms with E-state index < -0.39 is 0 Å². The first-order valence-electron chi connectivity index (χ1n) is 7.13. The van der Waals surface area contributed by atoms with Crippen LogP contribution in [0.15, 0.2) is 17.8 Å². The van der Waals surface area contributed by atoms with Crippen LogP contribution in [0.2, 0.25) is 0 Å². The molecule has 1 aliphatic heterocycles. The van der Waals surface area contributed by atoms with E-state index >= 15 is 0 Å². The second-order valence-corrected chi connectivity index (χ2v) is 6.28. The van der Waals surface area contributed by atoms with Gasteiger partial charge in [-0.05, 0) is 31.2 Å². The number of H-pyrrole nitrogens is 1. The highest BCUT2D eigenvalue weighted by Crippen LogP contribution is 2.32. The maximum atomic E-state index is 4.69. The lowest BCUT2D eigenvalue weighted by molar-refractivity contribution is 0.490. The number of aromatic nitrogens is 5. The first kappa shape index (κ1) is 12.7. The molecule has 4 rings (SSSR count). The summed E-state index contributed by atoms with van der Waals surface area (Å²) in [6.45, 7) is 3.92. The molecular weight excluding hydrogens is 284 g/mol. The number of fused-ring (bicyclic) bond motifs is 1. The van der Waals surface area contributed by atoms with Crippen molar-refractivity contribution in [3.05, 3.63) is 29.4 Å². The number of rotatable bonds is 2. The van der Waals surface area contributed by atoms with Crippen LogP contribution in [0, 0.1) is 6.92 Å². The normalized spacial score (nSPS) is 19.3. The Morgan fingerprint density at radius 2 is 2.33 bits per heavy atom. The zero-order valence-corrected chi connectivity index (χ0v) is 12.6. The van der Waals surface area contributed by atoms with Gasteiger partial charge in [-0.2, -0.15) is 5.10 Å². The van der Waals surface area contributed by atoms with Gasteiger partial charge >= 0.3 is 0 Å². The molecule has 1 fully saturated rings. The maximum Gasteiger partial charge on any atom is 0.141 e. The van der Waals surface area contributed by atoms with Crippen molar-refractivity contribution in [1.29, 1.82) is 0 Å². The first-order valence-corrected chi connectivity index (χ1v) is 8.01. The number of aryl methyl sites for hydroxylation is 1. The second kappa shape index (κ2) is 5.07. The number of piperidine rings is 1. The molecule has 4 heterocycles. The molecule has 7 heteroatoms. The Morgan fingerprint density at radius 3 is 3.19 bits per heavy atom. The van der Waals surface area contributed by atoms with Gasteiger partial charge in [-0.3, -0.25) is 5.10 Å². The van der Waals surface area contributed by atoms with Crippen molar-refractivity contribution in [2.24, 2.45) is 0 Å². The summed E-state index contributed by atoms with van der Waals surface area (Å²) >= 11 is 1.67. The van der Waals surface area contributed by atoms with Gasteiger partial charge < -0.3 is 4.90 Å². The van der Waals surface area contributed by atoms with Crippen molar-refractivity contribution in [3.8, 4) is 0 Å². The van der Waals surface area contributed by atoms with Gasteiger partial charge in [-0.15, -0.1) is 11.3 Å². The molecule has 1 aliphatic rings. The molecule has 0 amide bonds. The third-order valence-electron chi connectivity index (χ3n) is 3.96. The Balaban J connectivity index is 1.70. The van der Waals surface area contributed by atoms with Crippen LogP contribution in [0.5, 0.6) is 0 Å². The minimum atomic E-state index is 0.394. The molecule has 21 heavy (non-hydrogen) atoms. The van der Waals surface area contributed by atoms with E-state index in [1.807, 2.05) is 6.92 Å². The molecule has 1 saturated heterocycles. The van der Waals surface area contributed by atoms with Crippen LogP contribution >= 0.6 is 11.3 Å². The van der Waals surface area contributed by atoms with E-state index in [0.29, 0.717) is 5.92 Å². The van der Waals surface area contributed by atoms with Gasteiger partial charge in [0.25, 0.3) is 0 Å². The lowest BCUT2D eigenvalue weighted by atomic mass is 9.97. The Labute approximate surface area is 126 Å². The van der Waals surface area contributed by atoms with Gasteiger partial charge in [-0.25, -0.2) is 15.0 Å². The van der Waals surface area contributed by atoms with Crippen molar-refractivity contribution < 1.29 is 0 Å². The highest BCUT2D eigenvalue weighted by molar-refractivity contribution is 7.16. The smallest absolute Gasteiger partial charge is 0.141 e. The maximum absolute atomic E-state index is 4.69. The standard InChI is InChI=1S/C14H16N6S/c1-9-17-13(11-4-6-21-14(11)18-9)20-5-2-3-10(7-20)12-15-8-16-19-12/h4,6,8,10H,2-3,5,7H2,1H3,(H,15,16,19). The molecule has 0 aliphatic carbocycles. The van der Waals surface area contributed by atoms with E-state index in [1.54, 1.807) is 17.7 Å². The molecule has 1 N–H and O–H groups in total. The topological polar surface area (TPSA) is 70.6 Å². The Kier molecular flexibility index (Phi) is 3.07. The molecule has 3 aromatic rings. The predicted octanol–water partition coefficient (Wildman–Crippen LogP) is 2.50. The molecule has 0 radical (unpaired) electrons. The molecule has 0 bridgehead atoms. The van der Waals surface area contributed by atoms with Crippen LogP contribution in [-0.4, -0.2) is 38.2 Å². The van der Waals surface area contributed by atoms with E-state index in [1.165, 1.54) is 0 Å². The summed E-state index contributed by atoms with van der Waals surface area (Å²) in [4.78, 5) is 16.9. The molecule has 6 nitrogen and oxygen atoms in total. The van der Waals surface area contributed by atoms with E-state index in [4.69, 9.17) is 0 Å². The fraction of sp³-hybridized carbons (Fsp3) is 0.429. The minimum absolute atomic E-state index is 0.394. The van der Waals surface area contributed by atoms with Gasteiger partial charge in [0.15, 0.2) is 0 Å². The number of hydrogen-bond donors (Lipinski definition) is 1. The summed E-state index contributed by atoms with van der Waals surface area (Å²) < 4.78 is 0. The van der Waals surface area contributed by atoms with Gasteiger partial charge in [-0.1, -0.05) is 0 Å². The molecule has 1 atom stereocenters. The molecule has 0 spiro atoms. The predicted molar refractivity (Wildman–Crippen MR) is 82.7 cm³/mol. The van der Waals surface area contributed by atoms with Crippen molar-refractivity contribution >= 4 is 27.4 Å². The van der Waals surface area contributed by atoms with Crippen LogP contribution in [-0.2, 0) is 0 Å². The Bertz CT molecular complexity index is 750. The van der Waals surface area contributed by atoms with Crippen LogP contribution in [0.25, 0.3) is 10.2 Å². The molecule has 1 unspecified atom stereocenters. The van der Waals surface area contributed by atoms with Gasteiger partial charge in [0, 0.05) is 19.0 Å². The van der Waals surface area contributed by atoms with Gasteiger partial charge in [0.05, 0.1) is 5.39 Å². The molecule has 0 aromatic carbocycles. The highest BCUT2D eigenvalue weighted by Gasteiger charge is 2.25. The van der Waals surface area contributed by atoms with E-state index in [0.717, 1.165) is 53.6 Å². The quantitative estimate of drug-likeness (QED) is 0.787. The summed E-state index contributed by atoms with van der Waals surface area (Å²) in [5, 5.41) is 10.2.